The number of nitrogens with zero attached hydrogens (tertiary/aromatic N) is 4. The van der Waals surface area contributed by atoms with Crippen LogP contribution < -0.4 is 5.01 Å². The Bertz CT molecular complexity index is 729. The highest BCUT2D eigenvalue weighted by atomic mass is 32.1. The van der Waals surface area contributed by atoms with Gasteiger partial charge in [0.05, 0.1) is 5.71 Å². The summed E-state index contributed by atoms with van der Waals surface area (Å²) < 4.78 is 38.3. The van der Waals surface area contributed by atoms with Gasteiger partial charge in [-0.25, -0.2) is 9.99 Å². The summed E-state index contributed by atoms with van der Waals surface area (Å²) in [5, 5.41) is 14.3. The van der Waals surface area contributed by atoms with Crippen LogP contribution in [-0.4, -0.2) is 17.7 Å². The number of benzene rings is 1. The van der Waals surface area contributed by atoms with Crippen molar-refractivity contribution in [2.45, 2.75) is 13.1 Å². The maximum atomic E-state index is 12.8. The number of rotatable bonds is 3. The molecule has 0 fully saturated rings. The molecule has 114 valence electrons. The van der Waals surface area contributed by atoms with Gasteiger partial charge in [0.15, 0.2) is 5.69 Å². The molecule has 0 unspecified atom stereocenters. The molecule has 1 heterocycles. The summed E-state index contributed by atoms with van der Waals surface area (Å²) in [7, 11) is 1.49. The zero-order chi connectivity index (χ0) is 16.3. The Morgan fingerprint density at radius 1 is 1.32 bits per heavy atom. The molecule has 1 aromatic carbocycles. The van der Waals surface area contributed by atoms with Gasteiger partial charge in [-0.2, -0.15) is 23.5 Å². The normalized spacial score (nSPS) is 12.1. The van der Waals surface area contributed by atoms with Crippen molar-refractivity contribution in [3.8, 4) is 6.07 Å². The number of hydrogen-bond donors (Lipinski definition) is 0. The molecule has 2 rings (SSSR count). The topological polar surface area (TPSA) is 52.3 Å². The van der Waals surface area contributed by atoms with Gasteiger partial charge in [-0.3, -0.25) is 0 Å². The fraction of sp³-hybridized carbons (Fsp3) is 0.214. The second kappa shape index (κ2) is 6.15. The quantitative estimate of drug-likeness (QED) is 0.636. The molecule has 0 aliphatic rings. The molecule has 1 aromatic heterocycles. The molecule has 0 radical (unpaired) electrons. The van der Waals surface area contributed by atoms with Gasteiger partial charge in [0.2, 0.25) is 5.13 Å². The number of halogens is 3. The number of hydrogen-bond acceptors (Lipinski definition) is 5. The first kappa shape index (κ1) is 16.0. The minimum Gasteiger partial charge on any atom is -0.242 e. The van der Waals surface area contributed by atoms with E-state index in [4.69, 9.17) is 5.26 Å². The van der Waals surface area contributed by atoms with Gasteiger partial charge in [-0.15, -0.1) is 0 Å². The summed E-state index contributed by atoms with van der Waals surface area (Å²) in [6, 6.07) is 10.7. The lowest BCUT2D eigenvalue weighted by Crippen LogP contribution is -2.13. The lowest BCUT2D eigenvalue weighted by Gasteiger charge is -2.10. The van der Waals surface area contributed by atoms with Crippen LogP contribution in [0, 0.1) is 11.3 Å². The Balaban J connectivity index is 2.33. The average Bonchev–Trinajstić information content (AvgIpc) is 2.92. The minimum absolute atomic E-state index is 0.0131. The molecule has 0 atom stereocenters. The second-order valence-electron chi connectivity index (χ2n) is 4.36. The number of thiazole rings is 1. The second-order valence-corrected chi connectivity index (χ2v) is 5.34. The van der Waals surface area contributed by atoms with Crippen LogP contribution in [0.1, 0.15) is 23.1 Å². The zero-order valence-corrected chi connectivity index (χ0v) is 12.5. The van der Waals surface area contributed by atoms with Gasteiger partial charge in [0.1, 0.15) is 10.9 Å². The summed E-state index contributed by atoms with van der Waals surface area (Å²) in [6.07, 6.45) is -4.65. The molecule has 0 bridgehead atoms. The summed E-state index contributed by atoms with van der Waals surface area (Å²) in [6.45, 7) is 1.75. The Labute approximate surface area is 129 Å². The maximum absolute atomic E-state index is 12.8. The van der Waals surface area contributed by atoms with Crippen LogP contribution in [0.15, 0.2) is 35.4 Å². The van der Waals surface area contributed by atoms with Crippen LogP contribution in [0.5, 0.6) is 0 Å². The molecule has 22 heavy (non-hydrogen) atoms. The molecule has 0 aliphatic heterocycles. The zero-order valence-electron chi connectivity index (χ0n) is 11.7. The van der Waals surface area contributed by atoms with Gasteiger partial charge in [0, 0.05) is 7.05 Å². The Morgan fingerprint density at radius 2 is 1.95 bits per heavy atom. The molecular weight excluding hydrogens is 313 g/mol. The number of alkyl halides is 3. The van der Waals surface area contributed by atoms with E-state index in [9.17, 15) is 13.2 Å². The summed E-state index contributed by atoms with van der Waals surface area (Å²) in [5.74, 6) is 0. The Kier molecular flexibility index (Phi) is 4.47. The number of aromatic nitrogens is 1. The van der Waals surface area contributed by atoms with Crippen LogP contribution in [0.4, 0.5) is 18.3 Å². The fourth-order valence-electron chi connectivity index (χ4n) is 1.72. The molecule has 0 saturated carbocycles. The van der Waals surface area contributed by atoms with Crippen molar-refractivity contribution in [2.24, 2.45) is 5.10 Å². The lowest BCUT2D eigenvalue weighted by molar-refractivity contribution is -0.140. The molecule has 0 amide bonds. The van der Waals surface area contributed by atoms with E-state index in [1.54, 1.807) is 6.92 Å². The van der Waals surface area contributed by atoms with E-state index >= 15 is 0 Å². The minimum atomic E-state index is -4.65. The fourth-order valence-corrected chi connectivity index (χ4v) is 2.52. The third-order valence-electron chi connectivity index (χ3n) is 2.75. The van der Waals surface area contributed by atoms with Gasteiger partial charge in [-0.05, 0) is 12.5 Å². The van der Waals surface area contributed by atoms with Crippen molar-refractivity contribution in [3.63, 3.8) is 0 Å². The van der Waals surface area contributed by atoms with E-state index < -0.39 is 16.7 Å². The number of nitriles is 1. The van der Waals surface area contributed by atoms with Crippen molar-refractivity contribution >= 4 is 22.2 Å². The third-order valence-corrected chi connectivity index (χ3v) is 3.78. The Morgan fingerprint density at radius 3 is 2.45 bits per heavy atom. The highest BCUT2D eigenvalue weighted by Gasteiger charge is 2.38. The van der Waals surface area contributed by atoms with Crippen LogP contribution in [-0.2, 0) is 6.18 Å². The third kappa shape index (κ3) is 3.43. The van der Waals surface area contributed by atoms with Crippen molar-refractivity contribution in [3.05, 3.63) is 46.5 Å². The lowest BCUT2D eigenvalue weighted by atomic mass is 10.1. The Hall–Kier alpha value is -2.40. The average molecular weight is 324 g/mol. The molecule has 2 aromatic rings. The molecular formula is C14H11F3N4S. The van der Waals surface area contributed by atoms with Crippen molar-refractivity contribution < 1.29 is 13.2 Å². The van der Waals surface area contributed by atoms with E-state index in [1.807, 2.05) is 30.3 Å². The highest BCUT2D eigenvalue weighted by molar-refractivity contribution is 7.16. The predicted octanol–water partition coefficient (Wildman–Crippen LogP) is 3.89. The van der Waals surface area contributed by atoms with E-state index in [1.165, 1.54) is 18.1 Å². The van der Waals surface area contributed by atoms with E-state index in [0.717, 1.165) is 5.56 Å². The van der Waals surface area contributed by atoms with Gasteiger partial charge < -0.3 is 0 Å². The molecule has 0 N–H and O–H groups in total. The van der Waals surface area contributed by atoms with Crippen molar-refractivity contribution in [1.82, 2.24) is 4.98 Å². The van der Waals surface area contributed by atoms with E-state index in [0.29, 0.717) is 17.0 Å². The van der Waals surface area contributed by atoms with Gasteiger partial charge in [-0.1, -0.05) is 41.7 Å². The summed E-state index contributed by atoms with van der Waals surface area (Å²) >= 11 is 0.658. The summed E-state index contributed by atoms with van der Waals surface area (Å²) in [4.78, 5) is 3.02. The number of anilines is 1. The van der Waals surface area contributed by atoms with Crippen LogP contribution in [0.2, 0.25) is 0 Å². The van der Waals surface area contributed by atoms with Crippen LogP contribution in [0.3, 0.4) is 0 Å². The van der Waals surface area contributed by atoms with Crippen molar-refractivity contribution in [1.29, 1.82) is 5.26 Å². The van der Waals surface area contributed by atoms with Crippen LogP contribution >= 0.6 is 11.3 Å². The SMILES string of the molecule is CC(=NN(C)c1nc(C(F)(F)F)c(C#N)s1)c1ccccc1. The maximum Gasteiger partial charge on any atom is 0.435 e. The van der Waals surface area contributed by atoms with E-state index in [-0.39, 0.29) is 5.13 Å². The first-order valence-corrected chi connectivity index (χ1v) is 6.97. The van der Waals surface area contributed by atoms with Crippen LogP contribution in [0.25, 0.3) is 0 Å². The monoisotopic (exact) mass is 324 g/mol. The molecule has 0 spiro atoms. The largest absolute Gasteiger partial charge is 0.435 e. The summed E-state index contributed by atoms with van der Waals surface area (Å²) in [5.41, 5.74) is 0.308. The predicted molar refractivity (Wildman–Crippen MR) is 78.9 cm³/mol. The highest BCUT2D eigenvalue weighted by Crippen LogP contribution is 2.36. The smallest absolute Gasteiger partial charge is 0.242 e. The molecule has 0 aliphatic carbocycles. The molecule has 4 nitrogen and oxygen atoms in total. The van der Waals surface area contributed by atoms with Crippen molar-refractivity contribution in [2.75, 3.05) is 12.1 Å². The van der Waals surface area contributed by atoms with E-state index in [2.05, 4.69) is 10.1 Å². The van der Waals surface area contributed by atoms with Gasteiger partial charge >= 0.3 is 6.18 Å². The number of hydrazone groups is 1. The first-order chi connectivity index (χ1) is 10.3. The van der Waals surface area contributed by atoms with Gasteiger partial charge in [0.25, 0.3) is 0 Å². The standard InChI is InChI=1S/C14H11F3N4S/c1-9(10-6-4-3-5-7-10)20-21(2)13-19-12(14(15,16)17)11(8-18)22-13/h3-7H,1-2H3. The molecule has 0 saturated heterocycles. The molecule has 8 heteroatoms. The first-order valence-electron chi connectivity index (χ1n) is 6.15.